The number of nitrogens with zero attached hydrogens (tertiary/aromatic N) is 1. The highest BCUT2D eigenvalue weighted by Crippen LogP contribution is 2.17. The molecule has 5 heteroatoms. The Morgan fingerprint density at radius 3 is 2.93 bits per heavy atom. The number of aryl methyl sites for hydroxylation is 1. The van der Waals surface area contributed by atoms with Crippen molar-refractivity contribution in [1.29, 1.82) is 0 Å². The van der Waals surface area contributed by atoms with Crippen molar-refractivity contribution in [1.82, 2.24) is 4.98 Å². The van der Waals surface area contributed by atoms with E-state index < -0.39 is 6.04 Å². The van der Waals surface area contributed by atoms with Crippen molar-refractivity contribution in [2.45, 2.75) is 26.3 Å². The van der Waals surface area contributed by atoms with Gasteiger partial charge in [-0.25, -0.2) is 4.98 Å². The van der Waals surface area contributed by atoms with Crippen molar-refractivity contribution in [3.05, 3.63) is 22.3 Å². The molecule has 0 saturated heterocycles. The second-order valence-corrected chi connectivity index (χ2v) is 4.18. The molecule has 1 aromatic rings. The Morgan fingerprint density at radius 1 is 1.73 bits per heavy atom. The molecule has 1 heterocycles. The Morgan fingerprint density at radius 2 is 2.40 bits per heavy atom. The van der Waals surface area contributed by atoms with Gasteiger partial charge in [-0.3, -0.25) is 4.79 Å². The van der Waals surface area contributed by atoms with Crippen molar-refractivity contribution in [3.63, 3.8) is 0 Å². The van der Waals surface area contributed by atoms with Crippen molar-refractivity contribution in [2.24, 2.45) is 5.73 Å². The van der Waals surface area contributed by atoms with Gasteiger partial charge in [0.2, 0.25) is 5.91 Å². The summed E-state index contributed by atoms with van der Waals surface area (Å²) in [6, 6.07) is 1.32. The summed E-state index contributed by atoms with van der Waals surface area (Å²) in [6.07, 6.45) is 2.27. The molecule has 15 heavy (non-hydrogen) atoms. The average Bonchev–Trinajstić information content (AvgIpc) is 2.22. The molecule has 0 aromatic carbocycles. The number of anilines is 1. The zero-order chi connectivity index (χ0) is 11.4. The zero-order valence-corrected chi connectivity index (χ0v) is 10.3. The number of halogens is 1. The van der Waals surface area contributed by atoms with Crippen molar-refractivity contribution in [3.8, 4) is 0 Å². The first-order valence-electron chi connectivity index (χ1n) is 4.73. The summed E-state index contributed by atoms with van der Waals surface area (Å²) in [5.41, 5.74) is 6.60. The molecule has 0 spiro atoms. The molecule has 82 valence electrons. The normalized spacial score (nSPS) is 12.3. The van der Waals surface area contributed by atoms with Gasteiger partial charge in [-0.1, -0.05) is 6.92 Å². The summed E-state index contributed by atoms with van der Waals surface area (Å²) in [5, 5.41) is 2.66. The fraction of sp³-hybridized carbons (Fsp3) is 0.400. The van der Waals surface area contributed by atoms with E-state index in [-0.39, 0.29) is 5.91 Å². The fourth-order valence-electron chi connectivity index (χ4n) is 1.01. The van der Waals surface area contributed by atoms with Gasteiger partial charge in [-0.15, -0.1) is 0 Å². The maximum atomic E-state index is 11.5. The number of carbonyl (C=O) groups is 1. The molecule has 0 aliphatic carbocycles. The monoisotopic (exact) mass is 271 g/mol. The highest BCUT2D eigenvalue weighted by Gasteiger charge is 2.11. The summed E-state index contributed by atoms with van der Waals surface area (Å²) < 4.78 is 0.917. The molecule has 1 amide bonds. The minimum atomic E-state index is -0.476. The summed E-state index contributed by atoms with van der Waals surface area (Å²) in [5.74, 6) is 0.330. The summed E-state index contributed by atoms with van der Waals surface area (Å²) >= 11 is 3.34. The lowest BCUT2D eigenvalue weighted by Gasteiger charge is -2.09. The largest absolute Gasteiger partial charge is 0.320 e. The van der Waals surface area contributed by atoms with Crippen LogP contribution in [0, 0.1) is 6.92 Å². The molecular weight excluding hydrogens is 258 g/mol. The van der Waals surface area contributed by atoms with Gasteiger partial charge < -0.3 is 11.1 Å². The molecule has 0 fully saturated rings. The van der Waals surface area contributed by atoms with Crippen molar-refractivity contribution in [2.75, 3.05) is 5.32 Å². The van der Waals surface area contributed by atoms with E-state index in [2.05, 4.69) is 26.2 Å². The third-order valence-electron chi connectivity index (χ3n) is 2.07. The molecule has 0 aliphatic heterocycles. The number of carbonyl (C=O) groups excluding carboxylic acids is 1. The fourth-order valence-corrected chi connectivity index (χ4v) is 1.23. The molecular formula is C10H14BrN3O. The van der Waals surface area contributed by atoms with Crippen LogP contribution in [0.2, 0.25) is 0 Å². The molecule has 0 aliphatic rings. The van der Waals surface area contributed by atoms with Crippen molar-refractivity contribution < 1.29 is 4.79 Å². The van der Waals surface area contributed by atoms with E-state index in [1.165, 1.54) is 0 Å². The van der Waals surface area contributed by atoms with Crippen LogP contribution in [0.25, 0.3) is 0 Å². The second-order valence-electron chi connectivity index (χ2n) is 3.32. The lowest BCUT2D eigenvalue weighted by atomic mass is 10.2. The molecule has 1 atom stereocenters. The molecule has 0 saturated carbocycles. The lowest BCUT2D eigenvalue weighted by molar-refractivity contribution is -0.117. The van der Waals surface area contributed by atoms with Crippen LogP contribution >= 0.6 is 15.9 Å². The number of rotatable bonds is 3. The topological polar surface area (TPSA) is 68.0 Å². The molecule has 0 unspecified atom stereocenters. The number of nitrogens with two attached hydrogens (primary N) is 1. The zero-order valence-electron chi connectivity index (χ0n) is 8.75. The van der Waals surface area contributed by atoms with E-state index in [1.807, 2.05) is 13.8 Å². The van der Waals surface area contributed by atoms with Crippen molar-refractivity contribution >= 4 is 27.7 Å². The van der Waals surface area contributed by atoms with E-state index in [9.17, 15) is 4.79 Å². The average molecular weight is 272 g/mol. The van der Waals surface area contributed by atoms with Gasteiger partial charge in [0, 0.05) is 10.7 Å². The molecule has 1 rings (SSSR count). The summed E-state index contributed by atoms with van der Waals surface area (Å²) in [7, 11) is 0. The highest BCUT2D eigenvalue weighted by atomic mass is 79.9. The Balaban J connectivity index is 2.73. The number of nitrogens with one attached hydrogen (secondary N) is 1. The molecule has 4 nitrogen and oxygen atoms in total. The molecule has 1 aromatic heterocycles. The van der Waals surface area contributed by atoms with E-state index >= 15 is 0 Å². The number of amides is 1. The van der Waals surface area contributed by atoms with Gasteiger partial charge in [0.1, 0.15) is 5.82 Å². The van der Waals surface area contributed by atoms with Gasteiger partial charge >= 0.3 is 0 Å². The summed E-state index contributed by atoms with van der Waals surface area (Å²) in [6.45, 7) is 3.80. The number of hydrogen-bond donors (Lipinski definition) is 2. The third-order valence-corrected chi connectivity index (χ3v) is 2.90. The predicted molar refractivity (Wildman–Crippen MR) is 63.6 cm³/mol. The van der Waals surface area contributed by atoms with Gasteiger partial charge in [-0.05, 0) is 40.9 Å². The van der Waals surface area contributed by atoms with Gasteiger partial charge in [0.15, 0.2) is 0 Å². The number of aromatic nitrogens is 1. The van der Waals surface area contributed by atoms with Crippen LogP contribution < -0.4 is 11.1 Å². The van der Waals surface area contributed by atoms with Crippen LogP contribution in [0.5, 0.6) is 0 Å². The lowest BCUT2D eigenvalue weighted by Crippen LogP contribution is -2.35. The SMILES string of the molecule is CC[C@@H](N)C(=O)Nc1cc(C)c(Br)cn1. The van der Waals surface area contributed by atoms with E-state index in [0.29, 0.717) is 12.2 Å². The van der Waals surface area contributed by atoms with Gasteiger partial charge in [0.25, 0.3) is 0 Å². The van der Waals surface area contributed by atoms with E-state index in [1.54, 1.807) is 12.3 Å². The first-order chi connectivity index (χ1) is 7.04. The van der Waals surface area contributed by atoms with Crippen LogP contribution in [0.4, 0.5) is 5.82 Å². The maximum Gasteiger partial charge on any atom is 0.242 e. The third kappa shape index (κ3) is 3.28. The highest BCUT2D eigenvalue weighted by molar-refractivity contribution is 9.10. The minimum Gasteiger partial charge on any atom is -0.320 e. The quantitative estimate of drug-likeness (QED) is 0.882. The van der Waals surface area contributed by atoms with E-state index in [0.717, 1.165) is 10.0 Å². The first kappa shape index (κ1) is 12.1. The number of pyridine rings is 1. The second kappa shape index (κ2) is 5.23. The van der Waals surface area contributed by atoms with Gasteiger partial charge in [0.05, 0.1) is 6.04 Å². The van der Waals surface area contributed by atoms with Crippen LogP contribution in [0.3, 0.4) is 0 Å². The maximum absolute atomic E-state index is 11.5. The Labute approximate surface area is 97.4 Å². The Hall–Kier alpha value is -0.940. The van der Waals surface area contributed by atoms with Gasteiger partial charge in [-0.2, -0.15) is 0 Å². The van der Waals surface area contributed by atoms with E-state index in [4.69, 9.17) is 5.73 Å². The van der Waals surface area contributed by atoms with Crippen LogP contribution in [0.15, 0.2) is 16.7 Å². The smallest absolute Gasteiger partial charge is 0.242 e. The first-order valence-corrected chi connectivity index (χ1v) is 5.52. The van der Waals surface area contributed by atoms with Crippen LogP contribution in [-0.2, 0) is 4.79 Å². The molecule has 0 radical (unpaired) electrons. The van der Waals surface area contributed by atoms with Crippen LogP contribution in [-0.4, -0.2) is 16.9 Å². The molecule has 3 N–H and O–H groups in total. The Bertz CT molecular complexity index is 368. The Kier molecular flexibility index (Phi) is 4.23. The summed E-state index contributed by atoms with van der Waals surface area (Å²) in [4.78, 5) is 15.5. The minimum absolute atomic E-state index is 0.202. The number of hydrogen-bond acceptors (Lipinski definition) is 3. The standard InChI is InChI=1S/C10H14BrN3O/c1-3-8(12)10(15)14-9-4-6(2)7(11)5-13-9/h4-5,8H,3,12H2,1-2H3,(H,13,14,15)/t8-/m1/s1. The van der Waals surface area contributed by atoms with Crippen LogP contribution in [0.1, 0.15) is 18.9 Å². The molecule has 0 bridgehead atoms. The predicted octanol–water partition coefficient (Wildman–Crippen LogP) is 1.83.